The van der Waals surface area contributed by atoms with Gasteiger partial charge in [-0.2, -0.15) is 13.2 Å². The summed E-state index contributed by atoms with van der Waals surface area (Å²) in [7, 11) is 0. The SMILES string of the molecule is Cc1ccc(NC2CCCNC2)cc1C(F)(F)F. The molecule has 2 nitrogen and oxygen atoms in total. The maximum atomic E-state index is 12.8. The minimum absolute atomic E-state index is 0.211. The lowest BCUT2D eigenvalue weighted by Crippen LogP contribution is -2.38. The molecule has 1 atom stereocenters. The molecule has 1 aromatic carbocycles. The molecule has 100 valence electrons. The van der Waals surface area contributed by atoms with Crippen molar-refractivity contribution in [3.05, 3.63) is 29.3 Å². The Kier molecular flexibility index (Phi) is 3.80. The Labute approximate surface area is 105 Å². The van der Waals surface area contributed by atoms with Crippen LogP contribution in [-0.4, -0.2) is 19.1 Å². The molecule has 1 unspecified atom stereocenters. The average Bonchev–Trinajstić information content (AvgIpc) is 2.31. The number of aryl methyl sites for hydroxylation is 1. The van der Waals surface area contributed by atoms with Crippen LogP contribution in [-0.2, 0) is 6.18 Å². The molecule has 2 N–H and O–H groups in total. The van der Waals surface area contributed by atoms with Gasteiger partial charge in [-0.15, -0.1) is 0 Å². The van der Waals surface area contributed by atoms with Gasteiger partial charge in [0.05, 0.1) is 5.56 Å². The van der Waals surface area contributed by atoms with Crippen molar-refractivity contribution < 1.29 is 13.2 Å². The fraction of sp³-hybridized carbons (Fsp3) is 0.538. The highest BCUT2D eigenvalue weighted by molar-refractivity contribution is 5.50. The number of halogens is 3. The summed E-state index contributed by atoms with van der Waals surface area (Å²) < 4.78 is 38.3. The van der Waals surface area contributed by atoms with Crippen LogP contribution < -0.4 is 10.6 Å². The summed E-state index contributed by atoms with van der Waals surface area (Å²) in [5.74, 6) is 0. The Hall–Kier alpha value is -1.23. The number of nitrogens with one attached hydrogen (secondary N) is 2. The zero-order valence-corrected chi connectivity index (χ0v) is 10.3. The van der Waals surface area contributed by atoms with Gasteiger partial charge >= 0.3 is 6.18 Å². The van der Waals surface area contributed by atoms with E-state index in [-0.39, 0.29) is 11.6 Å². The topological polar surface area (TPSA) is 24.1 Å². The molecule has 18 heavy (non-hydrogen) atoms. The second kappa shape index (κ2) is 5.18. The van der Waals surface area contributed by atoms with Gasteiger partial charge in [-0.05, 0) is 44.0 Å². The summed E-state index contributed by atoms with van der Waals surface area (Å²) in [4.78, 5) is 0. The van der Waals surface area contributed by atoms with Gasteiger partial charge in [0.25, 0.3) is 0 Å². The lowest BCUT2D eigenvalue weighted by atomic mass is 10.0. The predicted octanol–water partition coefficient (Wildman–Crippen LogP) is 3.18. The normalized spacial score (nSPS) is 20.8. The van der Waals surface area contributed by atoms with Crippen molar-refractivity contribution in [3.8, 4) is 0 Å². The highest BCUT2D eigenvalue weighted by Crippen LogP contribution is 2.33. The number of anilines is 1. The number of rotatable bonds is 2. The Morgan fingerprint density at radius 3 is 2.72 bits per heavy atom. The second-order valence-corrected chi connectivity index (χ2v) is 4.72. The summed E-state index contributed by atoms with van der Waals surface area (Å²) in [6.07, 6.45) is -2.25. The van der Waals surface area contributed by atoms with E-state index in [1.165, 1.54) is 19.1 Å². The predicted molar refractivity (Wildman–Crippen MR) is 65.7 cm³/mol. The molecule has 0 radical (unpaired) electrons. The third-order valence-corrected chi connectivity index (χ3v) is 3.21. The van der Waals surface area contributed by atoms with Gasteiger partial charge in [-0.1, -0.05) is 6.07 Å². The first-order valence-electron chi connectivity index (χ1n) is 6.12. The highest BCUT2D eigenvalue weighted by Gasteiger charge is 2.32. The number of benzene rings is 1. The van der Waals surface area contributed by atoms with Crippen molar-refractivity contribution in [2.75, 3.05) is 18.4 Å². The zero-order chi connectivity index (χ0) is 13.2. The third-order valence-electron chi connectivity index (χ3n) is 3.21. The first-order chi connectivity index (χ1) is 8.47. The molecular formula is C13H17F3N2. The van der Waals surface area contributed by atoms with Crippen molar-refractivity contribution in [2.24, 2.45) is 0 Å². The quantitative estimate of drug-likeness (QED) is 0.851. The zero-order valence-electron chi connectivity index (χ0n) is 10.3. The van der Waals surface area contributed by atoms with Gasteiger partial charge in [0.1, 0.15) is 0 Å². The molecular weight excluding hydrogens is 241 g/mol. The number of piperidine rings is 1. The van der Waals surface area contributed by atoms with E-state index in [0.717, 1.165) is 25.9 Å². The van der Waals surface area contributed by atoms with E-state index < -0.39 is 11.7 Å². The minimum atomic E-state index is -4.29. The molecule has 0 aromatic heterocycles. The molecule has 5 heteroatoms. The van der Waals surface area contributed by atoms with Gasteiger partial charge in [-0.3, -0.25) is 0 Å². The van der Waals surface area contributed by atoms with E-state index in [9.17, 15) is 13.2 Å². The standard InChI is InChI=1S/C13H17F3N2/c1-9-4-5-10(7-12(9)13(14,15)16)18-11-3-2-6-17-8-11/h4-5,7,11,17-18H,2-3,6,8H2,1H3. The van der Waals surface area contributed by atoms with E-state index in [1.54, 1.807) is 6.07 Å². The fourth-order valence-corrected chi connectivity index (χ4v) is 2.23. The van der Waals surface area contributed by atoms with Gasteiger partial charge in [0.15, 0.2) is 0 Å². The number of hydrogen-bond donors (Lipinski definition) is 2. The van der Waals surface area contributed by atoms with Gasteiger partial charge in [-0.25, -0.2) is 0 Å². The van der Waals surface area contributed by atoms with Gasteiger partial charge in [0, 0.05) is 18.3 Å². The molecule has 1 fully saturated rings. The van der Waals surface area contributed by atoms with E-state index in [2.05, 4.69) is 10.6 Å². The van der Waals surface area contributed by atoms with Crippen molar-refractivity contribution in [3.63, 3.8) is 0 Å². The maximum Gasteiger partial charge on any atom is 0.416 e. The van der Waals surface area contributed by atoms with Crippen molar-refractivity contribution >= 4 is 5.69 Å². The largest absolute Gasteiger partial charge is 0.416 e. The van der Waals surface area contributed by atoms with Crippen LogP contribution in [0.4, 0.5) is 18.9 Å². The van der Waals surface area contributed by atoms with Crippen LogP contribution >= 0.6 is 0 Å². The van der Waals surface area contributed by atoms with E-state index in [0.29, 0.717) is 5.69 Å². The lowest BCUT2D eigenvalue weighted by Gasteiger charge is -2.25. The van der Waals surface area contributed by atoms with Crippen molar-refractivity contribution in [1.82, 2.24) is 5.32 Å². The molecule has 2 rings (SSSR count). The highest BCUT2D eigenvalue weighted by atomic mass is 19.4. The Balaban J connectivity index is 2.14. The van der Waals surface area contributed by atoms with Crippen LogP contribution in [0.2, 0.25) is 0 Å². The Bertz CT molecular complexity index is 409. The molecule has 0 spiro atoms. The maximum absolute atomic E-state index is 12.8. The summed E-state index contributed by atoms with van der Waals surface area (Å²) in [5.41, 5.74) is 0.243. The summed E-state index contributed by atoms with van der Waals surface area (Å²) in [5, 5.41) is 6.38. The fourth-order valence-electron chi connectivity index (χ4n) is 2.23. The van der Waals surface area contributed by atoms with Gasteiger partial charge in [0.2, 0.25) is 0 Å². The molecule has 0 aliphatic carbocycles. The van der Waals surface area contributed by atoms with E-state index in [1.807, 2.05) is 0 Å². The molecule has 1 aliphatic heterocycles. The first-order valence-corrected chi connectivity index (χ1v) is 6.12. The van der Waals surface area contributed by atoms with Crippen LogP contribution in [0.5, 0.6) is 0 Å². The molecule has 0 amide bonds. The molecule has 0 bridgehead atoms. The summed E-state index contributed by atoms with van der Waals surface area (Å²) >= 11 is 0. The van der Waals surface area contributed by atoms with Crippen LogP contribution in [0, 0.1) is 6.92 Å². The molecule has 1 aromatic rings. The Morgan fingerprint density at radius 1 is 1.33 bits per heavy atom. The monoisotopic (exact) mass is 258 g/mol. The third kappa shape index (κ3) is 3.16. The number of alkyl halides is 3. The van der Waals surface area contributed by atoms with Crippen molar-refractivity contribution in [2.45, 2.75) is 32.0 Å². The van der Waals surface area contributed by atoms with E-state index in [4.69, 9.17) is 0 Å². The van der Waals surface area contributed by atoms with Crippen LogP contribution in [0.3, 0.4) is 0 Å². The molecule has 1 saturated heterocycles. The first kappa shape index (κ1) is 13.2. The Morgan fingerprint density at radius 2 is 2.11 bits per heavy atom. The van der Waals surface area contributed by atoms with Gasteiger partial charge < -0.3 is 10.6 Å². The van der Waals surface area contributed by atoms with Crippen LogP contribution in [0.1, 0.15) is 24.0 Å². The average molecular weight is 258 g/mol. The smallest absolute Gasteiger partial charge is 0.381 e. The minimum Gasteiger partial charge on any atom is -0.381 e. The second-order valence-electron chi connectivity index (χ2n) is 4.72. The molecule has 1 aliphatic rings. The molecule has 0 saturated carbocycles. The molecule has 1 heterocycles. The van der Waals surface area contributed by atoms with E-state index >= 15 is 0 Å². The lowest BCUT2D eigenvalue weighted by molar-refractivity contribution is -0.138. The number of hydrogen-bond acceptors (Lipinski definition) is 2. The van der Waals surface area contributed by atoms with Crippen LogP contribution in [0.25, 0.3) is 0 Å². The van der Waals surface area contributed by atoms with Crippen LogP contribution in [0.15, 0.2) is 18.2 Å². The van der Waals surface area contributed by atoms with Crippen molar-refractivity contribution in [1.29, 1.82) is 0 Å². The summed E-state index contributed by atoms with van der Waals surface area (Å²) in [6, 6.07) is 4.63. The summed E-state index contributed by atoms with van der Waals surface area (Å²) in [6.45, 7) is 3.27.